The standard InChI is InChI=1S/C82H149NO8/c1-3-5-7-9-11-13-15-17-19-21-23-25-27-29-31-33-34-35-36-37-38-39-40-41-42-44-46-48-50-52-54-56-58-60-62-64-66-68-70-72-78(86)83-75(74-90-82-81(89)80(88)79(87)77(73-84)91-82)76(85)71-69-67-65-63-61-59-57-55-53-51-49-47-45-43-32-30-28-26-24-22-20-18-16-14-12-10-8-6-4-2/h5,7,11,13,17,19,23,25,29,31,61,63,69,71,75-77,79-82,84-85,87-89H,3-4,6,8-10,12,14-16,18,20-22,24,26-28,30,32-60,62,64-68,70,72-74H2,1-2H3,(H,83,86)/b7-5-,13-11-,19-17-,25-23-,31-29-,63-61+,71-69+. The first kappa shape index (κ1) is 86.4. The zero-order valence-corrected chi connectivity index (χ0v) is 59.6. The van der Waals surface area contributed by atoms with Crippen LogP contribution in [0.15, 0.2) is 85.1 Å². The van der Waals surface area contributed by atoms with Crippen LogP contribution >= 0.6 is 0 Å². The number of carbonyl (C=O) groups excluding carboxylic acids is 1. The summed E-state index contributed by atoms with van der Waals surface area (Å²) in [5.74, 6) is -0.181. The average molecular weight is 1280 g/mol. The first-order valence-corrected chi connectivity index (χ1v) is 39.3. The number of rotatable bonds is 69. The van der Waals surface area contributed by atoms with Gasteiger partial charge >= 0.3 is 0 Å². The van der Waals surface area contributed by atoms with E-state index in [-0.39, 0.29) is 12.5 Å². The highest BCUT2D eigenvalue weighted by molar-refractivity contribution is 5.76. The van der Waals surface area contributed by atoms with Crippen molar-refractivity contribution in [1.29, 1.82) is 0 Å². The maximum absolute atomic E-state index is 13.2. The van der Waals surface area contributed by atoms with Gasteiger partial charge in [0, 0.05) is 6.42 Å². The van der Waals surface area contributed by atoms with Crippen LogP contribution in [-0.4, -0.2) is 87.5 Å². The van der Waals surface area contributed by atoms with Crippen LogP contribution in [0.2, 0.25) is 0 Å². The van der Waals surface area contributed by atoms with Crippen molar-refractivity contribution in [2.24, 2.45) is 0 Å². The van der Waals surface area contributed by atoms with Gasteiger partial charge in [0.1, 0.15) is 24.4 Å². The molecule has 0 aliphatic carbocycles. The third kappa shape index (κ3) is 58.5. The number of hydrogen-bond donors (Lipinski definition) is 6. The molecule has 0 aromatic rings. The van der Waals surface area contributed by atoms with Gasteiger partial charge in [0.25, 0.3) is 0 Å². The molecule has 9 heteroatoms. The van der Waals surface area contributed by atoms with Crippen LogP contribution in [0.4, 0.5) is 0 Å². The summed E-state index contributed by atoms with van der Waals surface area (Å²) in [6.45, 7) is 3.70. The lowest BCUT2D eigenvalue weighted by Crippen LogP contribution is -2.60. The molecule has 1 saturated heterocycles. The topological polar surface area (TPSA) is 149 Å². The molecule has 7 unspecified atom stereocenters. The van der Waals surface area contributed by atoms with Crippen molar-refractivity contribution in [3.63, 3.8) is 0 Å². The van der Waals surface area contributed by atoms with Crippen molar-refractivity contribution in [3.8, 4) is 0 Å². The summed E-state index contributed by atoms with van der Waals surface area (Å²) < 4.78 is 11.3. The number of ether oxygens (including phenoxy) is 2. The first-order valence-electron chi connectivity index (χ1n) is 39.3. The molecule has 1 heterocycles. The van der Waals surface area contributed by atoms with Gasteiger partial charge in [0.05, 0.1) is 25.4 Å². The number of aliphatic hydroxyl groups is 5. The van der Waals surface area contributed by atoms with Gasteiger partial charge in [0.2, 0.25) is 5.91 Å². The third-order valence-electron chi connectivity index (χ3n) is 18.5. The molecule has 0 saturated carbocycles. The summed E-state index contributed by atoms with van der Waals surface area (Å²) in [7, 11) is 0. The summed E-state index contributed by atoms with van der Waals surface area (Å²) in [4.78, 5) is 13.2. The molecule has 9 nitrogen and oxygen atoms in total. The van der Waals surface area contributed by atoms with Crippen LogP contribution in [0.3, 0.4) is 0 Å². The monoisotopic (exact) mass is 1280 g/mol. The van der Waals surface area contributed by atoms with Crippen LogP contribution in [0.25, 0.3) is 0 Å². The normalized spacial score (nSPS) is 18.2. The Bertz CT molecular complexity index is 1720. The van der Waals surface area contributed by atoms with Crippen molar-refractivity contribution in [2.75, 3.05) is 13.2 Å². The van der Waals surface area contributed by atoms with Gasteiger partial charge in [0.15, 0.2) is 6.29 Å². The quantitative estimate of drug-likeness (QED) is 0.0261. The number of unbranched alkanes of at least 4 members (excludes halogenated alkanes) is 47. The molecule has 0 spiro atoms. The molecule has 1 amide bonds. The molecule has 1 aliphatic heterocycles. The molecular formula is C82H149NO8. The predicted molar refractivity (Wildman–Crippen MR) is 392 cm³/mol. The number of nitrogens with one attached hydrogen (secondary N) is 1. The van der Waals surface area contributed by atoms with Crippen molar-refractivity contribution in [2.45, 2.75) is 416 Å². The zero-order valence-electron chi connectivity index (χ0n) is 59.6. The fraction of sp³-hybridized carbons (Fsp3) is 0.817. The molecular weight excluding hydrogens is 1130 g/mol. The Morgan fingerprint density at radius 1 is 0.385 bits per heavy atom. The van der Waals surface area contributed by atoms with Crippen molar-refractivity contribution >= 4 is 5.91 Å². The minimum atomic E-state index is -1.58. The van der Waals surface area contributed by atoms with Gasteiger partial charge in [-0.05, 0) is 77.0 Å². The Morgan fingerprint density at radius 3 is 1.05 bits per heavy atom. The highest BCUT2D eigenvalue weighted by Gasteiger charge is 2.44. The number of hydrogen-bond acceptors (Lipinski definition) is 8. The number of carbonyl (C=O) groups is 1. The summed E-state index contributed by atoms with van der Waals surface area (Å²) in [5, 5.41) is 54.9. The van der Waals surface area contributed by atoms with E-state index in [1.807, 2.05) is 6.08 Å². The Morgan fingerprint density at radius 2 is 0.692 bits per heavy atom. The van der Waals surface area contributed by atoms with E-state index < -0.39 is 49.5 Å². The lowest BCUT2D eigenvalue weighted by atomic mass is 9.99. The largest absolute Gasteiger partial charge is 0.394 e. The fourth-order valence-electron chi connectivity index (χ4n) is 12.4. The van der Waals surface area contributed by atoms with Crippen molar-refractivity contribution in [3.05, 3.63) is 85.1 Å². The maximum atomic E-state index is 13.2. The van der Waals surface area contributed by atoms with Crippen LogP contribution in [0, 0.1) is 0 Å². The van der Waals surface area contributed by atoms with Gasteiger partial charge in [-0.2, -0.15) is 0 Å². The molecule has 0 aromatic heterocycles. The molecule has 6 N–H and O–H groups in total. The van der Waals surface area contributed by atoms with E-state index in [4.69, 9.17) is 9.47 Å². The van der Waals surface area contributed by atoms with Gasteiger partial charge in [-0.3, -0.25) is 4.79 Å². The number of aliphatic hydroxyl groups excluding tert-OH is 5. The lowest BCUT2D eigenvalue weighted by Gasteiger charge is -2.40. The molecule has 91 heavy (non-hydrogen) atoms. The molecule has 1 fully saturated rings. The van der Waals surface area contributed by atoms with Gasteiger partial charge < -0.3 is 40.3 Å². The van der Waals surface area contributed by atoms with Gasteiger partial charge in [-0.25, -0.2) is 0 Å². The van der Waals surface area contributed by atoms with E-state index in [2.05, 4.69) is 92.1 Å². The second kappa shape index (κ2) is 70.2. The molecule has 0 aromatic carbocycles. The Balaban J connectivity index is 2.08. The molecule has 0 radical (unpaired) electrons. The summed E-state index contributed by atoms with van der Waals surface area (Å²) >= 11 is 0. The highest BCUT2D eigenvalue weighted by atomic mass is 16.7. The predicted octanol–water partition coefficient (Wildman–Crippen LogP) is 22.4. The van der Waals surface area contributed by atoms with Gasteiger partial charge in [-0.1, -0.05) is 375 Å². The van der Waals surface area contributed by atoms with Crippen molar-refractivity contribution < 1.29 is 39.8 Å². The zero-order chi connectivity index (χ0) is 65.7. The van der Waals surface area contributed by atoms with Gasteiger partial charge in [-0.15, -0.1) is 0 Å². The van der Waals surface area contributed by atoms with E-state index in [9.17, 15) is 30.3 Å². The maximum Gasteiger partial charge on any atom is 0.220 e. The first-order chi connectivity index (χ1) is 44.8. The minimum absolute atomic E-state index is 0.181. The highest BCUT2D eigenvalue weighted by Crippen LogP contribution is 2.24. The van der Waals surface area contributed by atoms with Crippen LogP contribution in [0.5, 0.6) is 0 Å². The fourth-order valence-corrected chi connectivity index (χ4v) is 12.4. The summed E-state index contributed by atoms with van der Waals surface area (Å²) in [6, 6.07) is -0.825. The van der Waals surface area contributed by atoms with E-state index >= 15 is 0 Å². The smallest absolute Gasteiger partial charge is 0.220 e. The van der Waals surface area contributed by atoms with Crippen LogP contribution in [0.1, 0.15) is 373 Å². The Hall–Kier alpha value is -2.63. The van der Waals surface area contributed by atoms with E-state index in [0.29, 0.717) is 6.42 Å². The van der Waals surface area contributed by atoms with Crippen LogP contribution in [-0.2, 0) is 14.3 Å². The third-order valence-corrected chi connectivity index (χ3v) is 18.5. The second-order valence-electron chi connectivity index (χ2n) is 27.1. The molecule has 1 rings (SSSR count). The molecule has 530 valence electrons. The second-order valence-corrected chi connectivity index (χ2v) is 27.1. The molecule has 0 bridgehead atoms. The number of allylic oxidation sites excluding steroid dienone is 13. The summed E-state index contributed by atoms with van der Waals surface area (Å²) in [6.07, 6.45) is 94.5. The van der Waals surface area contributed by atoms with E-state index in [1.165, 1.54) is 283 Å². The Kier molecular flexibility index (Phi) is 66.6. The van der Waals surface area contributed by atoms with Crippen molar-refractivity contribution in [1.82, 2.24) is 5.32 Å². The SMILES string of the molecule is CC/C=C\C/C=C\C/C=C\C/C=C\C/C=C\CCCCCCCCCCCCCCCCCCCCCCCCCC(=O)NC(COC1OC(CO)C(O)C(O)C1O)C(O)/C=C/CC/C=C/CCCCCCCCCCCCCCCCCCCCCCCCC. The summed E-state index contributed by atoms with van der Waals surface area (Å²) in [5.41, 5.74) is 0. The average Bonchev–Trinajstić information content (AvgIpc) is 1.33. The number of amides is 1. The Labute approximate surface area is 562 Å². The molecule has 7 atom stereocenters. The lowest BCUT2D eigenvalue weighted by molar-refractivity contribution is -0.302. The minimum Gasteiger partial charge on any atom is -0.394 e. The van der Waals surface area contributed by atoms with E-state index in [0.717, 1.165) is 70.6 Å². The van der Waals surface area contributed by atoms with Crippen LogP contribution < -0.4 is 5.32 Å². The van der Waals surface area contributed by atoms with E-state index in [1.54, 1.807) is 6.08 Å². The molecule has 1 aliphatic rings.